The van der Waals surface area contributed by atoms with Gasteiger partial charge in [0.25, 0.3) is 0 Å². The summed E-state index contributed by atoms with van der Waals surface area (Å²) >= 11 is 0. The molecule has 3 nitrogen and oxygen atoms in total. The number of ether oxygens (including phenoxy) is 1. The summed E-state index contributed by atoms with van der Waals surface area (Å²) in [4.78, 5) is 2.48. The largest absolute Gasteiger partial charge is 0.377 e. The maximum atomic E-state index is 5.98. The third-order valence-corrected chi connectivity index (χ3v) is 4.85. The molecule has 1 heterocycles. The second kappa shape index (κ2) is 10.6. The van der Waals surface area contributed by atoms with E-state index in [1.807, 2.05) is 0 Å². The van der Waals surface area contributed by atoms with Crippen LogP contribution in [0.1, 0.15) is 71.6 Å². The highest BCUT2D eigenvalue weighted by Gasteiger charge is 2.30. The Kier molecular flexibility index (Phi) is 9.49. The van der Waals surface area contributed by atoms with Crippen molar-refractivity contribution in [2.75, 3.05) is 20.2 Å². The molecule has 0 amide bonds. The molecule has 0 aromatic heterocycles. The summed E-state index contributed by atoms with van der Waals surface area (Å²) in [6, 6.07) is 1.09. The van der Waals surface area contributed by atoms with Gasteiger partial charge in [-0.1, -0.05) is 51.9 Å². The van der Waals surface area contributed by atoms with Crippen molar-refractivity contribution in [3.05, 3.63) is 0 Å². The Morgan fingerprint density at radius 3 is 2.35 bits per heavy atom. The molecule has 0 saturated carbocycles. The van der Waals surface area contributed by atoms with Gasteiger partial charge in [-0.25, -0.2) is 0 Å². The first-order valence-electron chi connectivity index (χ1n) is 8.74. The minimum Gasteiger partial charge on any atom is -0.377 e. The second-order valence-electron chi connectivity index (χ2n) is 6.40. The quantitative estimate of drug-likeness (QED) is 0.590. The molecule has 0 spiro atoms. The molecule has 3 unspecified atom stereocenters. The number of rotatable bonds is 11. The van der Waals surface area contributed by atoms with Crippen molar-refractivity contribution in [3.63, 3.8) is 0 Å². The highest BCUT2D eigenvalue weighted by molar-refractivity contribution is 4.84. The molecule has 1 fully saturated rings. The van der Waals surface area contributed by atoms with E-state index < -0.39 is 0 Å². The van der Waals surface area contributed by atoms with Crippen LogP contribution in [-0.2, 0) is 4.74 Å². The molecule has 2 N–H and O–H groups in total. The topological polar surface area (TPSA) is 38.5 Å². The number of hydrogen-bond acceptors (Lipinski definition) is 3. The van der Waals surface area contributed by atoms with Gasteiger partial charge in [0.05, 0.1) is 6.10 Å². The Balaban J connectivity index is 2.15. The number of unbranched alkanes of at least 4 members (excludes halogenated alkanes) is 6. The number of likely N-dealkylation sites (N-methyl/N-ethyl adjacent to an activating group) is 1. The number of hydrogen-bond donors (Lipinski definition) is 1. The second-order valence-corrected chi connectivity index (χ2v) is 6.40. The smallest absolute Gasteiger partial charge is 0.0703 e. The lowest BCUT2D eigenvalue weighted by atomic mass is 10.0. The molecule has 0 aromatic carbocycles. The molecule has 3 heteroatoms. The summed E-state index contributed by atoms with van der Waals surface area (Å²) in [5, 5.41) is 0. The van der Waals surface area contributed by atoms with E-state index in [4.69, 9.17) is 10.5 Å². The molecule has 0 aromatic rings. The minimum atomic E-state index is 0.364. The van der Waals surface area contributed by atoms with Gasteiger partial charge in [-0.2, -0.15) is 0 Å². The van der Waals surface area contributed by atoms with Crippen LogP contribution in [-0.4, -0.2) is 43.3 Å². The van der Waals surface area contributed by atoms with Crippen molar-refractivity contribution >= 4 is 0 Å². The van der Waals surface area contributed by atoms with Crippen LogP contribution in [0.4, 0.5) is 0 Å². The van der Waals surface area contributed by atoms with Gasteiger partial charge in [-0.3, -0.25) is 4.90 Å². The monoisotopic (exact) mass is 284 g/mol. The van der Waals surface area contributed by atoms with Gasteiger partial charge in [-0.05, 0) is 26.8 Å². The van der Waals surface area contributed by atoms with E-state index in [9.17, 15) is 0 Å². The fourth-order valence-electron chi connectivity index (χ4n) is 3.35. The molecule has 3 atom stereocenters. The van der Waals surface area contributed by atoms with E-state index in [1.54, 1.807) is 0 Å². The third-order valence-electron chi connectivity index (χ3n) is 4.85. The van der Waals surface area contributed by atoms with Crippen LogP contribution in [0.2, 0.25) is 0 Å². The van der Waals surface area contributed by atoms with Gasteiger partial charge >= 0.3 is 0 Å². The zero-order chi connectivity index (χ0) is 14.8. The average Bonchev–Trinajstić information content (AvgIpc) is 2.87. The van der Waals surface area contributed by atoms with E-state index in [0.29, 0.717) is 18.2 Å². The van der Waals surface area contributed by atoms with Crippen molar-refractivity contribution in [2.45, 2.75) is 89.8 Å². The third kappa shape index (κ3) is 6.11. The number of nitrogens with two attached hydrogens (primary N) is 1. The molecule has 1 aliphatic heterocycles. The first-order chi connectivity index (χ1) is 9.70. The Morgan fingerprint density at radius 2 is 1.80 bits per heavy atom. The van der Waals surface area contributed by atoms with Crippen LogP contribution in [0.15, 0.2) is 0 Å². The summed E-state index contributed by atoms with van der Waals surface area (Å²) in [5.74, 6) is 0. The van der Waals surface area contributed by atoms with Gasteiger partial charge in [0, 0.05) is 25.2 Å². The van der Waals surface area contributed by atoms with Crippen LogP contribution in [0.3, 0.4) is 0 Å². The maximum absolute atomic E-state index is 5.98. The van der Waals surface area contributed by atoms with Gasteiger partial charge in [0.1, 0.15) is 0 Å². The van der Waals surface area contributed by atoms with Crippen molar-refractivity contribution in [3.8, 4) is 0 Å². The summed E-state index contributed by atoms with van der Waals surface area (Å²) < 4.78 is 5.68. The molecule has 120 valence electrons. The molecule has 1 aliphatic rings. The molecule has 0 aliphatic carbocycles. The van der Waals surface area contributed by atoms with Gasteiger partial charge in [0.15, 0.2) is 0 Å². The lowest BCUT2D eigenvalue weighted by molar-refractivity contribution is 0.0664. The average molecular weight is 284 g/mol. The molecule has 1 saturated heterocycles. The normalized spacial score (nSPS) is 24.4. The number of nitrogens with zero attached hydrogens (tertiary/aromatic N) is 1. The molecule has 0 radical (unpaired) electrons. The lowest BCUT2D eigenvalue weighted by Crippen LogP contribution is -2.47. The maximum Gasteiger partial charge on any atom is 0.0703 e. The van der Waals surface area contributed by atoms with Crippen molar-refractivity contribution in [1.29, 1.82) is 0 Å². The SMILES string of the molecule is CCCCCCCCCC(CN)N(C)C1CCOC1C. The fourth-order valence-corrected chi connectivity index (χ4v) is 3.35. The molecular formula is C17H36N2O. The zero-order valence-electron chi connectivity index (χ0n) is 13.9. The van der Waals surface area contributed by atoms with E-state index >= 15 is 0 Å². The molecular weight excluding hydrogens is 248 g/mol. The van der Waals surface area contributed by atoms with E-state index in [2.05, 4.69) is 25.8 Å². The fraction of sp³-hybridized carbons (Fsp3) is 1.00. The predicted octanol–water partition coefficient (Wildman–Crippen LogP) is 3.56. The highest BCUT2D eigenvalue weighted by Crippen LogP contribution is 2.22. The Hall–Kier alpha value is -0.120. The highest BCUT2D eigenvalue weighted by atomic mass is 16.5. The first-order valence-corrected chi connectivity index (χ1v) is 8.74. The summed E-state index contributed by atoms with van der Waals surface area (Å²) in [5.41, 5.74) is 5.98. The van der Waals surface area contributed by atoms with Gasteiger partial charge < -0.3 is 10.5 Å². The van der Waals surface area contributed by atoms with Gasteiger partial charge in [0.2, 0.25) is 0 Å². The minimum absolute atomic E-state index is 0.364. The predicted molar refractivity (Wildman–Crippen MR) is 87.0 cm³/mol. The van der Waals surface area contributed by atoms with E-state index in [1.165, 1.54) is 51.4 Å². The standard InChI is InChI=1S/C17H36N2O/c1-4-5-6-7-8-9-10-11-16(14-18)19(3)17-12-13-20-15(17)2/h15-17H,4-14,18H2,1-3H3. The zero-order valence-corrected chi connectivity index (χ0v) is 13.9. The van der Waals surface area contributed by atoms with E-state index in [-0.39, 0.29) is 0 Å². The summed E-state index contributed by atoms with van der Waals surface area (Å²) in [7, 11) is 2.23. The summed E-state index contributed by atoms with van der Waals surface area (Å²) in [6.07, 6.45) is 12.4. The lowest BCUT2D eigenvalue weighted by Gasteiger charge is -2.33. The Labute approximate surface area is 126 Å². The Morgan fingerprint density at radius 1 is 1.15 bits per heavy atom. The van der Waals surface area contributed by atoms with Crippen LogP contribution >= 0.6 is 0 Å². The van der Waals surface area contributed by atoms with E-state index in [0.717, 1.165) is 19.6 Å². The molecule has 1 rings (SSSR count). The van der Waals surface area contributed by atoms with Crippen molar-refractivity contribution in [2.24, 2.45) is 5.73 Å². The van der Waals surface area contributed by atoms with Crippen molar-refractivity contribution < 1.29 is 4.74 Å². The molecule has 20 heavy (non-hydrogen) atoms. The van der Waals surface area contributed by atoms with Crippen LogP contribution in [0.25, 0.3) is 0 Å². The van der Waals surface area contributed by atoms with Gasteiger partial charge in [-0.15, -0.1) is 0 Å². The first kappa shape index (κ1) is 17.9. The summed E-state index contributed by atoms with van der Waals surface area (Å²) in [6.45, 7) is 6.14. The van der Waals surface area contributed by atoms with Crippen LogP contribution in [0, 0.1) is 0 Å². The van der Waals surface area contributed by atoms with Crippen LogP contribution in [0.5, 0.6) is 0 Å². The Bertz CT molecular complexity index is 235. The van der Waals surface area contributed by atoms with Crippen LogP contribution < -0.4 is 5.73 Å². The van der Waals surface area contributed by atoms with Crippen molar-refractivity contribution in [1.82, 2.24) is 4.90 Å². The molecule has 0 bridgehead atoms.